The number of rotatable bonds is 1. The zero-order valence-electron chi connectivity index (χ0n) is 11.3. The van der Waals surface area contributed by atoms with Crippen LogP contribution in [0.1, 0.15) is 59.8 Å². The van der Waals surface area contributed by atoms with Gasteiger partial charge in [-0.2, -0.15) is 0 Å². The normalized spacial score (nSPS) is 47.1. The molecule has 4 atom stereocenters. The number of hydrogen-bond acceptors (Lipinski definition) is 1. The minimum Gasteiger partial charge on any atom is -0.303 e. The molecule has 2 rings (SSSR count). The Hall–Kier alpha value is -0.330. The van der Waals surface area contributed by atoms with Crippen molar-refractivity contribution >= 4 is 6.29 Å². The molecule has 2 aliphatic rings. The van der Waals surface area contributed by atoms with E-state index in [2.05, 4.69) is 27.7 Å². The van der Waals surface area contributed by atoms with Crippen molar-refractivity contribution in [3.05, 3.63) is 0 Å². The van der Waals surface area contributed by atoms with Gasteiger partial charge in [0, 0.05) is 5.41 Å². The summed E-state index contributed by atoms with van der Waals surface area (Å²) in [6.45, 7) is 9.35. The highest BCUT2D eigenvalue weighted by atomic mass is 16.1. The van der Waals surface area contributed by atoms with E-state index in [1.165, 1.54) is 25.5 Å². The maximum Gasteiger partial charge on any atom is 0.125 e. The van der Waals surface area contributed by atoms with Gasteiger partial charge in [-0.05, 0) is 55.3 Å². The average molecular weight is 222 g/mol. The quantitative estimate of drug-likeness (QED) is 0.611. The molecule has 2 saturated carbocycles. The van der Waals surface area contributed by atoms with Gasteiger partial charge in [0.15, 0.2) is 0 Å². The number of carbonyl (C=O) groups is 1. The first kappa shape index (κ1) is 12.1. The number of aldehydes is 1. The van der Waals surface area contributed by atoms with Crippen LogP contribution in [0.2, 0.25) is 0 Å². The summed E-state index contributed by atoms with van der Waals surface area (Å²) >= 11 is 0. The van der Waals surface area contributed by atoms with E-state index < -0.39 is 0 Å². The van der Waals surface area contributed by atoms with Gasteiger partial charge in [-0.15, -0.1) is 0 Å². The van der Waals surface area contributed by atoms with Crippen molar-refractivity contribution in [1.82, 2.24) is 0 Å². The van der Waals surface area contributed by atoms with Crippen LogP contribution >= 0.6 is 0 Å². The van der Waals surface area contributed by atoms with Crippen molar-refractivity contribution in [1.29, 1.82) is 0 Å². The topological polar surface area (TPSA) is 17.1 Å². The van der Waals surface area contributed by atoms with Gasteiger partial charge in [0.1, 0.15) is 6.29 Å². The number of fused-ring (bicyclic) bond motifs is 1. The van der Waals surface area contributed by atoms with Crippen LogP contribution in [-0.4, -0.2) is 6.29 Å². The molecular weight excluding hydrogens is 196 g/mol. The van der Waals surface area contributed by atoms with E-state index in [-0.39, 0.29) is 5.41 Å². The fourth-order valence-corrected chi connectivity index (χ4v) is 4.02. The lowest BCUT2D eigenvalue weighted by Gasteiger charge is -2.56. The lowest BCUT2D eigenvalue weighted by molar-refractivity contribution is -0.120. The third kappa shape index (κ3) is 1.94. The predicted molar refractivity (Wildman–Crippen MR) is 67.2 cm³/mol. The van der Waals surface area contributed by atoms with Crippen LogP contribution in [-0.2, 0) is 4.79 Å². The molecule has 2 aliphatic carbocycles. The summed E-state index contributed by atoms with van der Waals surface area (Å²) in [4.78, 5) is 11.2. The molecule has 0 aromatic carbocycles. The summed E-state index contributed by atoms with van der Waals surface area (Å²) < 4.78 is 0. The highest BCUT2D eigenvalue weighted by Crippen LogP contribution is 2.58. The first-order valence-corrected chi connectivity index (χ1v) is 6.84. The Morgan fingerprint density at radius 3 is 2.31 bits per heavy atom. The highest BCUT2D eigenvalue weighted by molar-refractivity contribution is 5.58. The van der Waals surface area contributed by atoms with Crippen molar-refractivity contribution in [3.63, 3.8) is 0 Å². The first-order valence-electron chi connectivity index (χ1n) is 6.84. The predicted octanol–water partition coefficient (Wildman–Crippen LogP) is 4.06. The molecule has 92 valence electrons. The molecule has 0 saturated heterocycles. The van der Waals surface area contributed by atoms with Gasteiger partial charge >= 0.3 is 0 Å². The lowest BCUT2D eigenvalue weighted by Crippen LogP contribution is -2.48. The van der Waals surface area contributed by atoms with Gasteiger partial charge in [0.25, 0.3) is 0 Å². The highest BCUT2D eigenvalue weighted by Gasteiger charge is 2.50. The third-order valence-electron chi connectivity index (χ3n) is 5.50. The summed E-state index contributed by atoms with van der Waals surface area (Å²) in [5.41, 5.74) is 0.491. The smallest absolute Gasteiger partial charge is 0.125 e. The van der Waals surface area contributed by atoms with Crippen LogP contribution in [0.5, 0.6) is 0 Å². The van der Waals surface area contributed by atoms with Gasteiger partial charge in [0.2, 0.25) is 0 Å². The molecule has 0 heterocycles. The molecule has 2 fully saturated rings. The van der Waals surface area contributed by atoms with E-state index in [4.69, 9.17) is 0 Å². The van der Waals surface area contributed by atoms with Crippen molar-refractivity contribution in [3.8, 4) is 0 Å². The maximum atomic E-state index is 11.2. The van der Waals surface area contributed by atoms with Crippen LogP contribution in [0.15, 0.2) is 0 Å². The largest absolute Gasteiger partial charge is 0.303 e. The second-order valence-electron chi connectivity index (χ2n) is 7.29. The molecule has 0 unspecified atom stereocenters. The van der Waals surface area contributed by atoms with Crippen LogP contribution in [0, 0.1) is 28.6 Å². The molecule has 0 radical (unpaired) electrons. The van der Waals surface area contributed by atoms with Crippen molar-refractivity contribution in [2.75, 3.05) is 0 Å². The zero-order chi connectivity index (χ0) is 12.0. The minimum absolute atomic E-state index is 0.0368. The third-order valence-corrected chi connectivity index (χ3v) is 5.50. The van der Waals surface area contributed by atoms with Crippen molar-refractivity contribution < 1.29 is 4.79 Å². The van der Waals surface area contributed by atoms with Crippen molar-refractivity contribution in [2.24, 2.45) is 28.6 Å². The molecule has 0 N–H and O–H groups in total. The van der Waals surface area contributed by atoms with E-state index in [0.29, 0.717) is 5.41 Å². The number of carbonyl (C=O) groups excluding carboxylic acids is 1. The van der Waals surface area contributed by atoms with E-state index in [0.717, 1.165) is 30.6 Å². The molecule has 1 heteroatoms. The maximum absolute atomic E-state index is 11.2. The van der Waals surface area contributed by atoms with Crippen LogP contribution in [0.4, 0.5) is 0 Å². The summed E-state index contributed by atoms with van der Waals surface area (Å²) in [6, 6.07) is 0. The Bertz CT molecular complexity index is 281. The molecule has 0 aliphatic heterocycles. The second-order valence-corrected chi connectivity index (χ2v) is 7.29. The van der Waals surface area contributed by atoms with E-state index >= 15 is 0 Å². The molecule has 0 spiro atoms. The molecule has 0 aromatic heterocycles. The molecule has 1 nitrogen and oxygen atoms in total. The Labute approximate surface area is 100.0 Å². The zero-order valence-corrected chi connectivity index (χ0v) is 11.3. The summed E-state index contributed by atoms with van der Waals surface area (Å²) in [6.07, 6.45) is 7.32. The van der Waals surface area contributed by atoms with Gasteiger partial charge < -0.3 is 4.79 Å². The Morgan fingerprint density at radius 1 is 1.12 bits per heavy atom. The molecule has 16 heavy (non-hydrogen) atoms. The van der Waals surface area contributed by atoms with Crippen LogP contribution in [0.3, 0.4) is 0 Å². The van der Waals surface area contributed by atoms with Gasteiger partial charge in [-0.3, -0.25) is 0 Å². The van der Waals surface area contributed by atoms with Crippen molar-refractivity contribution in [2.45, 2.75) is 59.8 Å². The molecule has 0 amide bonds. The fraction of sp³-hybridized carbons (Fsp3) is 0.933. The SMILES string of the molecule is C[C@@H]1CC[C@](C)(C=O)CC[C@H]2[C@@H]1CC2(C)C. The molecule has 0 bridgehead atoms. The summed E-state index contributed by atoms with van der Waals surface area (Å²) in [7, 11) is 0. The molecule has 0 aromatic rings. The average Bonchev–Trinajstić information content (AvgIpc) is 2.22. The van der Waals surface area contributed by atoms with Crippen LogP contribution < -0.4 is 0 Å². The first-order chi connectivity index (χ1) is 7.38. The van der Waals surface area contributed by atoms with E-state index in [9.17, 15) is 4.79 Å². The monoisotopic (exact) mass is 222 g/mol. The van der Waals surface area contributed by atoms with E-state index in [1.54, 1.807) is 0 Å². The van der Waals surface area contributed by atoms with Crippen LogP contribution in [0.25, 0.3) is 0 Å². The van der Waals surface area contributed by atoms with E-state index in [1.807, 2.05) is 0 Å². The van der Waals surface area contributed by atoms with Gasteiger partial charge in [-0.25, -0.2) is 0 Å². The number of hydrogen-bond donors (Lipinski definition) is 0. The Kier molecular flexibility index (Phi) is 2.92. The fourth-order valence-electron chi connectivity index (χ4n) is 4.02. The second kappa shape index (κ2) is 3.85. The van der Waals surface area contributed by atoms with Gasteiger partial charge in [0.05, 0.1) is 0 Å². The Morgan fingerprint density at radius 2 is 1.75 bits per heavy atom. The van der Waals surface area contributed by atoms with Gasteiger partial charge in [-0.1, -0.05) is 27.7 Å². The Balaban J connectivity index is 2.10. The minimum atomic E-state index is -0.0368. The summed E-state index contributed by atoms with van der Waals surface area (Å²) in [5, 5.41) is 0. The lowest BCUT2D eigenvalue weighted by atomic mass is 9.49. The standard InChI is InChI=1S/C15H26O/c1-11-5-7-15(4,10-16)8-6-13-12(11)9-14(13,2)3/h10-13H,5-9H2,1-4H3/t11-,12-,13+,15+/m1/s1. The summed E-state index contributed by atoms with van der Waals surface area (Å²) in [5.74, 6) is 2.62. The molecular formula is C15H26O.